The second-order valence-electron chi connectivity index (χ2n) is 9.04. The first-order valence-corrected chi connectivity index (χ1v) is 11.4. The molecule has 0 radical (unpaired) electrons. The number of carbonyl (C=O) groups is 3. The van der Waals surface area contributed by atoms with Crippen molar-refractivity contribution in [1.82, 2.24) is 4.90 Å². The Bertz CT molecular complexity index is 1170. The number of nitrogens with zero attached hydrogens (tertiary/aromatic N) is 1. The van der Waals surface area contributed by atoms with Crippen LogP contribution in [0.2, 0.25) is 0 Å². The molecule has 0 saturated carbocycles. The van der Waals surface area contributed by atoms with Crippen molar-refractivity contribution in [2.45, 2.75) is 45.8 Å². The van der Waals surface area contributed by atoms with E-state index in [-0.39, 0.29) is 37.0 Å². The molecule has 9 heteroatoms. The smallest absolute Gasteiger partial charge is 0.416 e. The second kappa shape index (κ2) is 11.0. The predicted molar refractivity (Wildman–Crippen MR) is 126 cm³/mol. The van der Waals surface area contributed by atoms with Gasteiger partial charge in [0.05, 0.1) is 37.0 Å². The molecule has 192 valence electrons. The van der Waals surface area contributed by atoms with Gasteiger partial charge in [-0.05, 0) is 48.2 Å². The van der Waals surface area contributed by atoms with Crippen LogP contribution in [0.5, 0.6) is 0 Å². The van der Waals surface area contributed by atoms with E-state index >= 15 is 0 Å². The van der Waals surface area contributed by atoms with Crippen LogP contribution in [0, 0.1) is 5.92 Å². The molecular formula is C27H28F3NO5. The van der Waals surface area contributed by atoms with Crippen LogP contribution in [0.3, 0.4) is 0 Å². The lowest BCUT2D eigenvalue weighted by atomic mass is 9.83. The van der Waals surface area contributed by atoms with E-state index in [2.05, 4.69) is 0 Å². The third-order valence-electron chi connectivity index (χ3n) is 5.92. The third-order valence-corrected chi connectivity index (χ3v) is 5.92. The molecule has 0 spiro atoms. The summed E-state index contributed by atoms with van der Waals surface area (Å²) < 4.78 is 49.4. The van der Waals surface area contributed by atoms with E-state index in [0.717, 1.165) is 12.1 Å². The largest absolute Gasteiger partial charge is 0.465 e. The van der Waals surface area contributed by atoms with Crippen LogP contribution in [0.1, 0.15) is 60.2 Å². The fraction of sp³-hybridized carbons (Fsp3) is 0.370. The Morgan fingerprint density at radius 3 is 2.33 bits per heavy atom. The van der Waals surface area contributed by atoms with Gasteiger partial charge in [0.15, 0.2) is 0 Å². The van der Waals surface area contributed by atoms with Crippen molar-refractivity contribution in [1.29, 1.82) is 0 Å². The van der Waals surface area contributed by atoms with Gasteiger partial charge in [-0.25, -0.2) is 9.59 Å². The van der Waals surface area contributed by atoms with E-state index in [9.17, 15) is 27.6 Å². The third kappa shape index (κ3) is 6.13. The van der Waals surface area contributed by atoms with Gasteiger partial charge in [-0.1, -0.05) is 38.1 Å². The first-order chi connectivity index (χ1) is 16.9. The fourth-order valence-corrected chi connectivity index (χ4v) is 4.07. The van der Waals surface area contributed by atoms with Gasteiger partial charge in [0, 0.05) is 18.0 Å². The Labute approximate surface area is 207 Å². The number of alkyl halides is 3. The molecule has 1 aliphatic rings. The van der Waals surface area contributed by atoms with E-state index in [1.165, 1.54) is 24.1 Å². The lowest BCUT2D eigenvalue weighted by Gasteiger charge is -2.34. The zero-order chi connectivity index (χ0) is 26.6. The molecule has 2 aromatic rings. The Kier molecular flexibility index (Phi) is 8.22. The second-order valence-corrected chi connectivity index (χ2v) is 9.04. The first kappa shape index (κ1) is 27.0. The molecule has 0 aromatic heterocycles. The predicted octanol–water partition coefficient (Wildman–Crippen LogP) is 5.48. The Balaban J connectivity index is 2.00. The van der Waals surface area contributed by atoms with Crippen LogP contribution in [-0.4, -0.2) is 36.5 Å². The maximum atomic E-state index is 13.2. The molecular weight excluding hydrogens is 475 g/mol. The van der Waals surface area contributed by atoms with Crippen molar-refractivity contribution in [3.8, 4) is 0 Å². The van der Waals surface area contributed by atoms with Crippen LogP contribution in [0.15, 0.2) is 59.8 Å². The van der Waals surface area contributed by atoms with Gasteiger partial charge in [-0.2, -0.15) is 13.2 Å². The summed E-state index contributed by atoms with van der Waals surface area (Å²) in [6.07, 6.45) is -4.62. The lowest BCUT2D eigenvalue weighted by Crippen LogP contribution is -2.38. The molecule has 0 bridgehead atoms. The monoisotopic (exact) mass is 503 g/mol. The number of hydrogen-bond donors (Lipinski definition) is 0. The number of methoxy groups -OCH3 is 1. The molecule has 6 nitrogen and oxygen atoms in total. The Morgan fingerprint density at radius 1 is 1.08 bits per heavy atom. The topological polar surface area (TPSA) is 72.9 Å². The average molecular weight is 504 g/mol. The summed E-state index contributed by atoms with van der Waals surface area (Å²) in [5, 5.41) is 0. The average Bonchev–Trinajstić information content (AvgIpc) is 2.84. The highest BCUT2D eigenvalue weighted by molar-refractivity contribution is 5.96. The number of allylic oxidation sites excluding steroid dienone is 1. The highest BCUT2D eigenvalue weighted by Crippen LogP contribution is 2.39. The minimum atomic E-state index is -4.50. The van der Waals surface area contributed by atoms with Gasteiger partial charge < -0.3 is 14.4 Å². The quantitative estimate of drug-likeness (QED) is 0.468. The molecule has 1 heterocycles. The van der Waals surface area contributed by atoms with Gasteiger partial charge in [0.1, 0.15) is 0 Å². The van der Waals surface area contributed by atoms with E-state index < -0.39 is 29.6 Å². The Morgan fingerprint density at radius 2 is 1.75 bits per heavy atom. The minimum absolute atomic E-state index is 0.0711. The van der Waals surface area contributed by atoms with Crippen molar-refractivity contribution in [3.05, 3.63) is 82.1 Å². The van der Waals surface area contributed by atoms with Crippen molar-refractivity contribution in [2.75, 3.05) is 13.7 Å². The van der Waals surface area contributed by atoms with Crippen LogP contribution in [0.4, 0.5) is 13.2 Å². The van der Waals surface area contributed by atoms with Gasteiger partial charge in [-0.3, -0.25) is 4.79 Å². The number of halogens is 3. The van der Waals surface area contributed by atoms with Crippen molar-refractivity contribution < 1.29 is 37.0 Å². The van der Waals surface area contributed by atoms with Crippen molar-refractivity contribution in [3.63, 3.8) is 0 Å². The molecule has 1 unspecified atom stereocenters. The zero-order valence-corrected chi connectivity index (χ0v) is 20.5. The molecule has 1 aliphatic heterocycles. The fourth-order valence-electron chi connectivity index (χ4n) is 4.07. The summed E-state index contributed by atoms with van der Waals surface area (Å²) in [7, 11) is 1.27. The molecule has 0 saturated heterocycles. The number of rotatable bonds is 7. The summed E-state index contributed by atoms with van der Waals surface area (Å²) in [5.74, 6) is -2.12. The molecule has 0 N–H and O–H groups in total. The number of benzene rings is 2. The summed E-state index contributed by atoms with van der Waals surface area (Å²) in [6.45, 7) is 5.63. The minimum Gasteiger partial charge on any atom is -0.465 e. The maximum Gasteiger partial charge on any atom is 0.416 e. The molecule has 3 rings (SSSR count). The van der Waals surface area contributed by atoms with E-state index in [1.807, 2.05) is 13.8 Å². The van der Waals surface area contributed by atoms with Crippen LogP contribution >= 0.6 is 0 Å². The van der Waals surface area contributed by atoms with Crippen molar-refractivity contribution >= 4 is 17.8 Å². The highest BCUT2D eigenvalue weighted by atomic mass is 19.4. The zero-order valence-electron chi connectivity index (χ0n) is 20.5. The highest BCUT2D eigenvalue weighted by Gasteiger charge is 2.38. The van der Waals surface area contributed by atoms with Gasteiger partial charge in [-0.15, -0.1) is 0 Å². The summed E-state index contributed by atoms with van der Waals surface area (Å²) in [4.78, 5) is 39.7. The van der Waals surface area contributed by atoms with Crippen LogP contribution in [-0.2, 0) is 31.8 Å². The van der Waals surface area contributed by atoms with E-state index in [1.54, 1.807) is 31.2 Å². The SMILES string of the molecule is COC(=O)c1cccc(CN2C(=O)CC(c3ccc(C(F)(F)F)cc3)C(C(=O)OCC(C)C)=C2C)c1. The molecule has 2 aromatic carbocycles. The van der Waals surface area contributed by atoms with Gasteiger partial charge in [0.2, 0.25) is 5.91 Å². The Hall–Kier alpha value is -3.62. The van der Waals surface area contributed by atoms with Gasteiger partial charge >= 0.3 is 18.1 Å². The number of ether oxygens (including phenoxy) is 2. The summed E-state index contributed by atoms with van der Waals surface area (Å²) >= 11 is 0. The molecule has 36 heavy (non-hydrogen) atoms. The van der Waals surface area contributed by atoms with Crippen LogP contribution in [0.25, 0.3) is 0 Å². The summed E-state index contributed by atoms with van der Waals surface area (Å²) in [6, 6.07) is 11.1. The normalized spacial score (nSPS) is 16.4. The first-order valence-electron chi connectivity index (χ1n) is 11.4. The van der Waals surface area contributed by atoms with E-state index in [0.29, 0.717) is 22.4 Å². The number of hydrogen-bond acceptors (Lipinski definition) is 5. The van der Waals surface area contributed by atoms with Crippen molar-refractivity contribution in [2.24, 2.45) is 5.92 Å². The molecule has 1 atom stereocenters. The van der Waals surface area contributed by atoms with Gasteiger partial charge in [0.25, 0.3) is 0 Å². The molecule has 0 aliphatic carbocycles. The lowest BCUT2D eigenvalue weighted by molar-refractivity contribution is -0.141. The summed E-state index contributed by atoms with van der Waals surface area (Å²) in [5.41, 5.74) is 1.14. The number of esters is 2. The molecule has 1 amide bonds. The van der Waals surface area contributed by atoms with Crippen LogP contribution < -0.4 is 0 Å². The van der Waals surface area contributed by atoms with E-state index in [4.69, 9.17) is 9.47 Å². The molecule has 0 fully saturated rings. The number of carbonyl (C=O) groups excluding carboxylic acids is 3. The maximum absolute atomic E-state index is 13.2. The standard InChI is InChI=1S/C27H28F3NO5/c1-16(2)15-36-26(34)24-17(3)31(14-18-6-5-7-20(12-18)25(33)35-4)23(32)13-22(24)19-8-10-21(11-9-19)27(28,29)30/h5-12,16,22H,13-15H2,1-4H3. The number of amides is 1.